The predicted octanol–water partition coefficient (Wildman–Crippen LogP) is 1.98. The molecule has 0 spiro atoms. The fourth-order valence-corrected chi connectivity index (χ4v) is 1.21. The first kappa shape index (κ1) is 10.8. The Balaban J connectivity index is 2.90. The molecule has 1 rings (SSSR count). The zero-order valence-corrected chi connectivity index (χ0v) is 8.47. The summed E-state index contributed by atoms with van der Waals surface area (Å²) in [7, 11) is 1.30. The zero-order chi connectivity index (χ0) is 10.6. The molecule has 0 heterocycles. The topological polar surface area (TPSA) is 64.3 Å². The van der Waals surface area contributed by atoms with E-state index in [1.165, 1.54) is 7.11 Å². The Hall–Kier alpha value is -1.26. The summed E-state index contributed by atoms with van der Waals surface area (Å²) >= 11 is 5.77. The number of carbonyl (C=O) groups is 1. The molecule has 0 aliphatic carbocycles. The van der Waals surface area contributed by atoms with Gasteiger partial charge >= 0.3 is 6.09 Å². The van der Waals surface area contributed by atoms with E-state index in [-0.39, 0.29) is 0 Å². The minimum Gasteiger partial charge on any atom is -0.453 e. The van der Waals surface area contributed by atoms with Gasteiger partial charge in [-0.1, -0.05) is 11.6 Å². The highest BCUT2D eigenvalue weighted by molar-refractivity contribution is 6.30. The molecule has 1 aromatic rings. The molecule has 4 nitrogen and oxygen atoms in total. The number of hydrogen-bond acceptors (Lipinski definition) is 3. The van der Waals surface area contributed by atoms with Gasteiger partial charge in [-0.2, -0.15) is 0 Å². The third-order valence-corrected chi connectivity index (χ3v) is 1.94. The third-order valence-electron chi connectivity index (χ3n) is 1.71. The van der Waals surface area contributed by atoms with E-state index in [2.05, 4.69) is 10.1 Å². The van der Waals surface area contributed by atoms with Crippen molar-refractivity contribution in [3.05, 3.63) is 28.8 Å². The van der Waals surface area contributed by atoms with Crippen molar-refractivity contribution in [2.75, 3.05) is 12.4 Å². The fourth-order valence-electron chi connectivity index (χ4n) is 1.01. The van der Waals surface area contributed by atoms with E-state index in [0.717, 1.165) is 5.56 Å². The summed E-state index contributed by atoms with van der Waals surface area (Å²) in [6, 6.07) is 5.06. The van der Waals surface area contributed by atoms with E-state index in [1.807, 2.05) is 0 Å². The van der Waals surface area contributed by atoms with Crippen LogP contribution < -0.4 is 11.1 Å². The van der Waals surface area contributed by atoms with Crippen LogP contribution in [-0.4, -0.2) is 13.2 Å². The van der Waals surface area contributed by atoms with Gasteiger partial charge in [0.05, 0.1) is 7.11 Å². The lowest BCUT2D eigenvalue weighted by Crippen LogP contribution is -2.13. The molecule has 0 saturated heterocycles. The second-order valence-electron chi connectivity index (χ2n) is 2.62. The first-order valence-corrected chi connectivity index (χ1v) is 4.38. The SMILES string of the molecule is COC(=O)Nc1ccc(Cl)cc1CN. The monoisotopic (exact) mass is 214 g/mol. The summed E-state index contributed by atoms with van der Waals surface area (Å²) in [4.78, 5) is 10.9. The van der Waals surface area contributed by atoms with E-state index >= 15 is 0 Å². The quantitative estimate of drug-likeness (QED) is 0.791. The lowest BCUT2D eigenvalue weighted by Gasteiger charge is -2.08. The van der Waals surface area contributed by atoms with Crippen molar-refractivity contribution >= 4 is 23.4 Å². The Bertz CT molecular complexity index is 342. The minimum atomic E-state index is -0.526. The number of amides is 1. The zero-order valence-electron chi connectivity index (χ0n) is 7.71. The van der Waals surface area contributed by atoms with Crippen molar-refractivity contribution < 1.29 is 9.53 Å². The van der Waals surface area contributed by atoms with E-state index < -0.39 is 6.09 Å². The summed E-state index contributed by atoms with van der Waals surface area (Å²) < 4.78 is 4.46. The standard InChI is InChI=1S/C9H11ClN2O2/c1-14-9(13)12-8-3-2-7(10)4-6(8)5-11/h2-4H,5,11H2,1H3,(H,12,13). The number of ether oxygens (including phenoxy) is 1. The number of nitrogens with two attached hydrogens (primary N) is 1. The number of carbonyl (C=O) groups excluding carboxylic acids is 1. The van der Waals surface area contributed by atoms with Crippen LogP contribution in [0.4, 0.5) is 10.5 Å². The maximum Gasteiger partial charge on any atom is 0.411 e. The molecule has 0 saturated carbocycles. The molecule has 0 radical (unpaired) electrons. The molecule has 1 amide bonds. The highest BCUT2D eigenvalue weighted by atomic mass is 35.5. The lowest BCUT2D eigenvalue weighted by molar-refractivity contribution is 0.187. The maximum absolute atomic E-state index is 10.9. The van der Waals surface area contributed by atoms with Crippen molar-refractivity contribution in [2.24, 2.45) is 5.73 Å². The Labute approximate surface area is 87.0 Å². The van der Waals surface area contributed by atoms with Crippen LogP contribution >= 0.6 is 11.6 Å². The van der Waals surface area contributed by atoms with Crippen LogP contribution in [0.2, 0.25) is 5.02 Å². The Morgan fingerprint density at radius 1 is 1.64 bits per heavy atom. The molecule has 1 aromatic carbocycles. The van der Waals surface area contributed by atoms with Crippen LogP contribution in [0.25, 0.3) is 0 Å². The van der Waals surface area contributed by atoms with Crippen LogP contribution in [0.15, 0.2) is 18.2 Å². The van der Waals surface area contributed by atoms with Crippen LogP contribution in [-0.2, 0) is 11.3 Å². The molecule has 0 atom stereocenters. The Morgan fingerprint density at radius 3 is 2.93 bits per heavy atom. The average Bonchev–Trinajstić information content (AvgIpc) is 2.20. The summed E-state index contributed by atoms with van der Waals surface area (Å²) in [6.45, 7) is 0.305. The number of methoxy groups -OCH3 is 1. The number of anilines is 1. The van der Waals surface area contributed by atoms with E-state index in [1.54, 1.807) is 18.2 Å². The number of hydrogen-bond donors (Lipinski definition) is 2. The molecular weight excluding hydrogens is 204 g/mol. The molecule has 0 bridgehead atoms. The molecule has 0 unspecified atom stereocenters. The molecule has 3 N–H and O–H groups in total. The van der Waals surface area contributed by atoms with Gasteiger partial charge in [-0.25, -0.2) is 4.79 Å². The molecule has 0 aliphatic rings. The first-order chi connectivity index (χ1) is 6.67. The van der Waals surface area contributed by atoms with Gasteiger partial charge in [-0.15, -0.1) is 0 Å². The van der Waals surface area contributed by atoms with Crippen LogP contribution in [0.3, 0.4) is 0 Å². The smallest absolute Gasteiger partial charge is 0.411 e. The number of rotatable bonds is 2. The van der Waals surface area contributed by atoms with Crippen LogP contribution in [0.1, 0.15) is 5.56 Å². The molecule has 0 aromatic heterocycles. The van der Waals surface area contributed by atoms with Crippen molar-refractivity contribution in [2.45, 2.75) is 6.54 Å². The van der Waals surface area contributed by atoms with Gasteiger partial charge in [-0.05, 0) is 23.8 Å². The highest BCUT2D eigenvalue weighted by Crippen LogP contribution is 2.20. The molecule has 76 valence electrons. The van der Waals surface area contributed by atoms with Gasteiger partial charge in [0.15, 0.2) is 0 Å². The maximum atomic E-state index is 10.9. The summed E-state index contributed by atoms with van der Waals surface area (Å²) in [6.07, 6.45) is -0.526. The molecule has 5 heteroatoms. The number of benzene rings is 1. The largest absolute Gasteiger partial charge is 0.453 e. The van der Waals surface area contributed by atoms with Gasteiger partial charge in [0, 0.05) is 17.3 Å². The normalized spacial score (nSPS) is 9.64. The predicted molar refractivity (Wildman–Crippen MR) is 55.4 cm³/mol. The van der Waals surface area contributed by atoms with Gasteiger partial charge < -0.3 is 10.5 Å². The van der Waals surface area contributed by atoms with E-state index in [9.17, 15) is 4.79 Å². The highest BCUT2D eigenvalue weighted by Gasteiger charge is 2.05. The fraction of sp³-hybridized carbons (Fsp3) is 0.222. The van der Waals surface area contributed by atoms with E-state index in [0.29, 0.717) is 17.3 Å². The van der Waals surface area contributed by atoms with Crippen molar-refractivity contribution in [1.82, 2.24) is 0 Å². The van der Waals surface area contributed by atoms with E-state index in [4.69, 9.17) is 17.3 Å². The van der Waals surface area contributed by atoms with Gasteiger partial charge in [0.2, 0.25) is 0 Å². The van der Waals surface area contributed by atoms with Crippen LogP contribution in [0, 0.1) is 0 Å². The lowest BCUT2D eigenvalue weighted by atomic mass is 10.2. The summed E-state index contributed by atoms with van der Waals surface area (Å²) in [5, 5.41) is 3.12. The summed E-state index contributed by atoms with van der Waals surface area (Å²) in [5.74, 6) is 0. The molecular formula is C9H11ClN2O2. The molecule has 0 fully saturated rings. The van der Waals surface area contributed by atoms with Gasteiger partial charge in [-0.3, -0.25) is 5.32 Å². The van der Waals surface area contributed by atoms with Gasteiger partial charge in [0.25, 0.3) is 0 Å². The number of nitrogens with one attached hydrogen (secondary N) is 1. The second kappa shape index (κ2) is 4.83. The van der Waals surface area contributed by atoms with Crippen molar-refractivity contribution in [3.63, 3.8) is 0 Å². The Morgan fingerprint density at radius 2 is 2.36 bits per heavy atom. The van der Waals surface area contributed by atoms with Crippen molar-refractivity contribution in [3.8, 4) is 0 Å². The first-order valence-electron chi connectivity index (χ1n) is 4.01. The average molecular weight is 215 g/mol. The summed E-state index contributed by atoms with van der Waals surface area (Å²) in [5.41, 5.74) is 6.87. The second-order valence-corrected chi connectivity index (χ2v) is 3.06. The molecule has 0 aliphatic heterocycles. The Kier molecular flexibility index (Phi) is 3.73. The third kappa shape index (κ3) is 2.61. The van der Waals surface area contributed by atoms with Crippen LogP contribution in [0.5, 0.6) is 0 Å². The molecule has 14 heavy (non-hydrogen) atoms. The number of halogens is 1. The van der Waals surface area contributed by atoms with Gasteiger partial charge in [0.1, 0.15) is 0 Å². The van der Waals surface area contributed by atoms with Crippen molar-refractivity contribution in [1.29, 1.82) is 0 Å². The minimum absolute atomic E-state index is 0.305.